The Bertz CT molecular complexity index is 659. The van der Waals surface area contributed by atoms with Crippen LogP contribution in [0.1, 0.15) is 11.1 Å². The fourth-order valence-corrected chi connectivity index (χ4v) is 1.93. The molecule has 4 nitrogen and oxygen atoms in total. The van der Waals surface area contributed by atoms with Crippen LogP contribution in [0.2, 0.25) is 0 Å². The van der Waals surface area contributed by atoms with Crippen molar-refractivity contribution in [2.75, 3.05) is 18.5 Å². The minimum Gasteiger partial charge on any atom is -0.492 e. The average Bonchev–Trinajstić information content (AvgIpc) is 2.48. The first-order chi connectivity index (χ1) is 10.5. The normalized spacial score (nSPS) is 10.1. The van der Waals surface area contributed by atoms with Gasteiger partial charge in [-0.05, 0) is 43.2 Å². The zero-order valence-electron chi connectivity index (χ0n) is 12.7. The molecule has 2 amide bonds. The summed E-state index contributed by atoms with van der Waals surface area (Å²) >= 11 is 0. The number of benzene rings is 2. The molecule has 0 radical (unpaired) electrons. The van der Waals surface area contributed by atoms with Crippen molar-refractivity contribution in [2.45, 2.75) is 13.8 Å². The number of rotatable bonds is 5. The van der Waals surface area contributed by atoms with Crippen LogP contribution in [0, 0.1) is 19.7 Å². The Morgan fingerprint density at radius 3 is 2.77 bits per heavy atom. The largest absolute Gasteiger partial charge is 0.492 e. The maximum Gasteiger partial charge on any atom is 0.319 e. The summed E-state index contributed by atoms with van der Waals surface area (Å²) < 4.78 is 18.3. The fourth-order valence-electron chi connectivity index (χ4n) is 1.93. The van der Waals surface area contributed by atoms with E-state index in [1.807, 2.05) is 32.0 Å². The number of ether oxygens (including phenoxy) is 1. The predicted molar refractivity (Wildman–Crippen MR) is 84.8 cm³/mol. The smallest absolute Gasteiger partial charge is 0.319 e. The van der Waals surface area contributed by atoms with E-state index in [1.54, 1.807) is 12.1 Å². The Hall–Kier alpha value is -2.56. The van der Waals surface area contributed by atoms with Crippen molar-refractivity contribution in [2.24, 2.45) is 0 Å². The summed E-state index contributed by atoms with van der Waals surface area (Å²) in [6, 6.07) is 11.5. The quantitative estimate of drug-likeness (QED) is 0.828. The van der Waals surface area contributed by atoms with E-state index in [4.69, 9.17) is 4.74 Å². The van der Waals surface area contributed by atoms with Gasteiger partial charge in [-0.25, -0.2) is 9.18 Å². The topological polar surface area (TPSA) is 50.4 Å². The summed E-state index contributed by atoms with van der Waals surface area (Å²) in [5.41, 5.74) is 2.86. The van der Waals surface area contributed by atoms with Crippen LogP contribution in [0.25, 0.3) is 0 Å². The van der Waals surface area contributed by atoms with Gasteiger partial charge in [0.15, 0.2) is 0 Å². The van der Waals surface area contributed by atoms with E-state index in [0.29, 0.717) is 12.3 Å². The van der Waals surface area contributed by atoms with Crippen LogP contribution >= 0.6 is 0 Å². The molecule has 0 aliphatic rings. The molecule has 0 aliphatic heterocycles. The molecule has 0 saturated carbocycles. The lowest BCUT2D eigenvalue weighted by Gasteiger charge is -2.11. The van der Waals surface area contributed by atoms with Crippen molar-refractivity contribution in [3.63, 3.8) is 0 Å². The third kappa shape index (κ3) is 4.77. The third-order valence-electron chi connectivity index (χ3n) is 3.09. The molecule has 0 spiro atoms. The first-order valence-corrected chi connectivity index (χ1v) is 7.05. The summed E-state index contributed by atoms with van der Waals surface area (Å²) in [5.74, 6) is 0.0925. The van der Waals surface area contributed by atoms with Crippen molar-refractivity contribution >= 4 is 11.7 Å². The SMILES string of the molecule is Cc1ccc(C)c(NC(=O)NCCOc2cccc(F)c2)c1. The first kappa shape index (κ1) is 15.8. The second kappa shape index (κ2) is 7.45. The van der Waals surface area contributed by atoms with Crippen molar-refractivity contribution in [3.8, 4) is 5.75 Å². The van der Waals surface area contributed by atoms with Gasteiger partial charge in [0.25, 0.3) is 0 Å². The van der Waals surface area contributed by atoms with Crippen LogP contribution in [-0.4, -0.2) is 19.2 Å². The van der Waals surface area contributed by atoms with Gasteiger partial charge in [0, 0.05) is 11.8 Å². The molecule has 0 aromatic heterocycles. The fraction of sp³-hybridized carbons (Fsp3) is 0.235. The van der Waals surface area contributed by atoms with E-state index in [0.717, 1.165) is 16.8 Å². The van der Waals surface area contributed by atoms with E-state index in [2.05, 4.69) is 10.6 Å². The van der Waals surface area contributed by atoms with Crippen LogP contribution < -0.4 is 15.4 Å². The number of anilines is 1. The van der Waals surface area contributed by atoms with Gasteiger partial charge in [-0.15, -0.1) is 0 Å². The van der Waals surface area contributed by atoms with Gasteiger partial charge in [0.05, 0.1) is 6.54 Å². The molecule has 116 valence electrons. The highest BCUT2D eigenvalue weighted by atomic mass is 19.1. The zero-order chi connectivity index (χ0) is 15.9. The number of hydrogen-bond donors (Lipinski definition) is 2. The number of halogens is 1. The van der Waals surface area contributed by atoms with Gasteiger partial charge < -0.3 is 15.4 Å². The van der Waals surface area contributed by atoms with Crippen LogP contribution in [-0.2, 0) is 0 Å². The molecule has 0 aliphatic carbocycles. The number of aryl methyl sites for hydroxylation is 2. The molecule has 0 unspecified atom stereocenters. The van der Waals surface area contributed by atoms with E-state index in [1.165, 1.54) is 12.1 Å². The molecule has 2 aromatic rings. The molecule has 2 N–H and O–H groups in total. The highest BCUT2D eigenvalue weighted by molar-refractivity contribution is 5.90. The minimum atomic E-state index is -0.349. The Morgan fingerprint density at radius 1 is 1.18 bits per heavy atom. The first-order valence-electron chi connectivity index (χ1n) is 7.05. The lowest BCUT2D eigenvalue weighted by Crippen LogP contribution is -2.32. The van der Waals surface area contributed by atoms with Crippen molar-refractivity contribution < 1.29 is 13.9 Å². The highest BCUT2D eigenvalue weighted by Crippen LogP contribution is 2.16. The van der Waals surface area contributed by atoms with Gasteiger partial charge >= 0.3 is 6.03 Å². The second-order valence-electron chi connectivity index (χ2n) is 5.01. The summed E-state index contributed by atoms with van der Waals surface area (Å²) in [6.07, 6.45) is 0. The number of hydrogen-bond acceptors (Lipinski definition) is 2. The van der Waals surface area contributed by atoms with Gasteiger partial charge in [-0.2, -0.15) is 0 Å². The Morgan fingerprint density at radius 2 is 2.00 bits per heavy atom. The van der Waals surface area contributed by atoms with Gasteiger partial charge in [0.1, 0.15) is 18.2 Å². The summed E-state index contributed by atoms with van der Waals surface area (Å²) in [5, 5.41) is 5.49. The molecule has 2 aromatic carbocycles. The lowest BCUT2D eigenvalue weighted by atomic mass is 10.1. The van der Waals surface area contributed by atoms with Crippen molar-refractivity contribution in [3.05, 3.63) is 59.4 Å². The van der Waals surface area contributed by atoms with Gasteiger partial charge in [0.2, 0.25) is 0 Å². The van der Waals surface area contributed by atoms with Gasteiger partial charge in [-0.1, -0.05) is 18.2 Å². The average molecular weight is 302 g/mol. The van der Waals surface area contributed by atoms with Crippen LogP contribution in [0.3, 0.4) is 0 Å². The summed E-state index contributed by atoms with van der Waals surface area (Å²) in [6.45, 7) is 4.49. The Labute approximate surface area is 129 Å². The van der Waals surface area contributed by atoms with Crippen LogP contribution in [0.5, 0.6) is 5.75 Å². The molecule has 0 saturated heterocycles. The van der Waals surface area contributed by atoms with Crippen molar-refractivity contribution in [1.82, 2.24) is 5.32 Å². The molecule has 0 atom stereocenters. The molecule has 0 bridgehead atoms. The molecular weight excluding hydrogens is 283 g/mol. The minimum absolute atomic E-state index is 0.268. The maximum absolute atomic E-state index is 13.0. The summed E-state index contributed by atoms with van der Waals surface area (Å²) in [7, 11) is 0. The zero-order valence-corrected chi connectivity index (χ0v) is 12.7. The molecular formula is C17H19FN2O2. The maximum atomic E-state index is 13.0. The number of amides is 2. The van der Waals surface area contributed by atoms with Gasteiger partial charge in [-0.3, -0.25) is 0 Å². The van der Waals surface area contributed by atoms with E-state index in [-0.39, 0.29) is 18.5 Å². The van der Waals surface area contributed by atoms with E-state index >= 15 is 0 Å². The lowest BCUT2D eigenvalue weighted by molar-refractivity contribution is 0.247. The van der Waals surface area contributed by atoms with Crippen LogP contribution in [0.4, 0.5) is 14.9 Å². The van der Waals surface area contributed by atoms with E-state index in [9.17, 15) is 9.18 Å². The Balaban J connectivity index is 1.75. The van der Waals surface area contributed by atoms with E-state index < -0.39 is 0 Å². The number of urea groups is 1. The molecule has 5 heteroatoms. The van der Waals surface area contributed by atoms with Crippen molar-refractivity contribution in [1.29, 1.82) is 0 Å². The number of carbonyl (C=O) groups is 1. The second-order valence-corrected chi connectivity index (χ2v) is 5.01. The third-order valence-corrected chi connectivity index (χ3v) is 3.09. The summed E-state index contributed by atoms with van der Waals surface area (Å²) in [4.78, 5) is 11.8. The predicted octanol–water partition coefficient (Wildman–Crippen LogP) is 3.64. The highest BCUT2D eigenvalue weighted by Gasteiger charge is 2.04. The molecule has 0 heterocycles. The molecule has 22 heavy (non-hydrogen) atoms. The molecule has 2 rings (SSSR count). The number of carbonyl (C=O) groups excluding carboxylic acids is 1. The Kier molecular flexibility index (Phi) is 5.36. The standard InChI is InChI=1S/C17H19FN2O2/c1-12-6-7-13(2)16(10-12)20-17(21)19-8-9-22-15-5-3-4-14(18)11-15/h3-7,10-11H,8-9H2,1-2H3,(H2,19,20,21). The monoisotopic (exact) mass is 302 g/mol. The number of nitrogens with one attached hydrogen (secondary N) is 2. The van der Waals surface area contributed by atoms with Crippen LogP contribution in [0.15, 0.2) is 42.5 Å². The molecule has 0 fully saturated rings.